The van der Waals surface area contributed by atoms with Gasteiger partial charge in [-0.2, -0.15) is 0 Å². The van der Waals surface area contributed by atoms with Crippen molar-refractivity contribution in [2.24, 2.45) is 22.3 Å². The predicted octanol–water partition coefficient (Wildman–Crippen LogP) is 3.35. The van der Waals surface area contributed by atoms with E-state index in [9.17, 15) is 47.9 Å². The number of fused-ring (bicyclic) bond motifs is 2. The Hall–Kier alpha value is -7.18. The number of esters is 4. The number of carbonyl (C=O) groups is 10. The van der Waals surface area contributed by atoms with Gasteiger partial charge in [0.25, 0.3) is 23.6 Å². The third-order valence-electron chi connectivity index (χ3n) is 11.2. The van der Waals surface area contributed by atoms with Gasteiger partial charge >= 0.3 is 36.1 Å². The number of anilines is 2. The summed E-state index contributed by atoms with van der Waals surface area (Å²) < 4.78 is 30.3. The van der Waals surface area contributed by atoms with Crippen molar-refractivity contribution in [3.8, 4) is 0 Å². The summed E-state index contributed by atoms with van der Waals surface area (Å²) in [7, 11) is 0. The average molecular weight is 1150 g/mol. The van der Waals surface area contributed by atoms with Crippen LogP contribution in [0.1, 0.15) is 79.6 Å². The molecule has 6 amide bonds. The number of nitrogens with two attached hydrogens (primary N) is 2. The number of thiazole rings is 2. The molecule has 2 aromatic rings. The normalized spacial score (nSPS) is 19.4. The first kappa shape index (κ1) is 59.1. The number of rotatable bonds is 22. The van der Waals surface area contributed by atoms with E-state index >= 15 is 0 Å². The molecule has 26 nitrogen and oxygen atoms in total. The Morgan fingerprint density at radius 1 is 0.623 bits per heavy atom. The van der Waals surface area contributed by atoms with Crippen molar-refractivity contribution < 1.29 is 76.4 Å². The number of primary amides is 2. The molecule has 4 atom stereocenters. The maximum Gasteiger partial charge on any atom is 0.404 e. The fourth-order valence-electron chi connectivity index (χ4n) is 7.35. The highest BCUT2D eigenvalue weighted by Gasteiger charge is 2.56. The molecule has 4 aliphatic heterocycles. The molecule has 6 rings (SSSR count). The van der Waals surface area contributed by atoms with Crippen LogP contribution in [-0.2, 0) is 66.8 Å². The van der Waals surface area contributed by atoms with Crippen molar-refractivity contribution in [3.05, 3.63) is 56.8 Å². The Bertz CT molecular complexity index is 2640. The number of amides is 6. The van der Waals surface area contributed by atoms with Gasteiger partial charge in [0.05, 0.1) is 40.0 Å². The van der Waals surface area contributed by atoms with Gasteiger partial charge in [-0.1, -0.05) is 26.0 Å². The lowest BCUT2D eigenvalue weighted by atomic mass is 9.97. The molecule has 4 aliphatic rings. The zero-order valence-electron chi connectivity index (χ0n) is 43.1. The molecule has 2 saturated heterocycles. The maximum atomic E-state index is 13.8. The number of ether oxygens (including phenoxy) is 6. The summed E-state index contributed by atoms with van der Waals surface area (Å²) in [5.41, 5.74) is 9.57. The molecule has 30 heteroatoms. The molecule has 2 fully saturated rings. The maximum absolute atomic E-state index is 13.8. The third kappa shape index (κ3) is 14.3. The Balaban J connectivity index is 1.04. The van der Waals surface area contributed by atoms with E-state index in [2.05, 4.69) is 31.2 Å². The summed E-state index contributed by atoms with van der Waals surface area (Å²) in [4.78, 5) is 140. The summed E-state index contributed by atoms with van der Waals surface area (Å²) in [6.07, 6.45) is 1.98. The second-order valence-corrected chi connectivity index (χ2v) is 22.9. The van der Waals surface area contributed by atoms with E-state index in [4.69, 9.17) is 39.9 Å². The molecule has 0 radical (unpaired) electrons. The van der Waals surface area contributed by atoms with E-state index in [1.54, 1.807) is 64.5 Å². The van der Waals surface area contributed by atoms with E-state index < -0.39 is 120 Å². The first-order chi connectivity index (χ1) is 36.4. The second kappa shape index (κ2) is 25.3. The van der Waals surface area contributed by atoms with Crippen molar-refractivity contribution in [2.45, 2.75) is 91.1 Å². The quantitative estimate of drug-likeness (QED) is 0.0324. The van der Waals surface area contributed by atoms with Crippen molar-refractivity contribution in [3.63, 3.8) is 0 Å². The summed E-state index contributed by atoms with van der Waals surface area (Å²) in [6, 6.07) is -2.13. The van der Waals surface area contributed by atoms with Crippen LogP contribution in [0.5, 0.6) is 0 Å². The third-order valence-corrected chi connectivity index (χ3v) is 15.4. The largest absolute Gasteiger partial charge is 0.445 e. The molecule has 6 heterocycles. The van der Waals surface area contributed by atoms with Gasteiger partial charge in [0.2, 0.25) is 13.6 Å². The van der Waals surface area contributed by atoms with Crippen LogP contribution < -0.4 is 32.7 Å². The average Bonchev–Trinajstić information content (AvgIpc) is 4.07. The molecule has 0 bridgehead atoms. The SMILES string of the molecule is CC/C=C(\C(=O)N[C@@H]1C(=O)N2C(C(=O)OCOC(=O)C(C)(C)C)=C(COC(N)=O)CS[C@H]12)c1csc(NCNc2nc(/C(=C/CC)C(=O)N[C@@H]3C(=O)N4C(C(=O)OCOC(=O)C(C)(C)C)=C(COC(N)=O)CS[C@H]34)cs2)n1. The lowest BCUT2D eigenvalue weighted by Gasteiger charge is -2.49. The summed E-state index contributed by atoms with van der Waals surface area (Å²) in [5, 5.41) is 14.5. The van der Waals surface area contributed by atoms with Gasteiger partial charge in [-0.05, 0) is 54.4 Å². The van der Waals surface area contributed by atoms with Crippen LogP contribution in [0.4, 0.5) is 19.9 Å². The van der Waals surface area contributed by atoms with Crippen LogP contribution in [-0.4, -0.2) is 147 Å². The predicted molar refractivity (Wildman–Crippen MR) is 281 cm³/mol. The summed E-state index contributed by atoms with van der Waals surface area (Å²) in [6.45, 7) is 11.2. The Labute approximate surface area is 457 Å². The first-order valence-corrected chi connectivity index (χ1v) is 27.5. The fourth-order valence-corrected chi connectivity index (χ4v) is 11.4. The van der Waals surface area contributed by atoms with Crippen molar-refractivity contribution >= 4 is 127 Å². The van der Waals surface area contributed by atoms with Gasteiger partial charge in [-0.3, -0.25) is 38.6 Å². The minimum Gasteiger partial charge on any atom is -0.445 e. The number of hydrogen-bond donors (Lipinski definition) is 6. The van der Waals surface area contributed by atoms with Gasteiger partial charge in [0.1, 0.15) is 47.4 Å². The zero-order chi connectivity index (χ0) is 56.5. The topological polar surface area (TPSA) is 359 Å². The van der Waals surface area contributed by atoms with Crippen LogP contribution in [0.15, 0.2) is 45.5 Å². The van der Waals surface area contributed by atoms with Crippen molar-refractivity contribution in [1.82, 2.24) is 30.4 Å². The van der Waals surface area contributed by atoms with E-state index in [1.807, 2.05) is 13.8 Å². The highest BCUT2D eigenvalue weighted by atomic mass is 32.2. The molecule has 2 aromatic heterocycles. The van der Waals surface area contributed by atoms with E-state index in [0.29, 0.717) is 34.5 Å². The molecule has 8 N–H and O–H groups in total. The van der Waals surface area contributed by atoms with Gasteiger partial charge in [0.15, 0.2) is 10.3 Å². The molecule has 0 spiro atoms. The van der Waals surface area contributed by atoms with Gasteiger partial charge in [0, 0.05) is 33.4 Å². The number of thioether (sulfide) groups is 2. The lowest BCUT2D eigenvalue weighted by Crippen LogP contribution is -2.70. The van der Waals surface area contributed by atoms with E-state index in [0.717, 1.165) is 9.80 Å². The molecule has 0 saturated carbocycles. The highest BCUT2D eigenvalue weighted by molar-refractivity contribution is 8.00. The molecular formula is C47H58N10O16S4. The molecule has 416 valence electrons. The molecular weight excluding hydrogens is 1090 g/mol. The first-order valence-electron chi connectivity index (χ1n) is 23.6. The number of hydrogen-bond acceptors (Lipinski definition) is 24. The van der Waals surface area contributed by atoms with Gasteiger partial charge in [-0.15, -0.1) is 46.2 Å². The highest BCUT2D eigenvalue weighted by Crippen LogP contribution is 2.43. The Morgan fingerprint density at radius 2 is 1.00 bits per heavy atom. The monoisotopic (exact) mass is 1150 g/mol. The Kier molecular flexibility index (Phi) is 19.4. The number of nitrogens with zero attached hydrogens (tertiary/aromatic N) is 4. The second-order valence-electron chi connectivity index (χ2n) is 19.0. The summed E-state index contributed by atoms with van der Waals surface area (Å²) in [5.74, 6) is -5.56. The fraction of sp³-hybridized carbons (Fsp3) is 0.489. The standard InChI is InChI=1S/C47H58N10O16S4/c1-9-11-24(32(58)54-28-34(60)56-30(22(13-68-42(48)66)15-74-36(28)56)38(62)70-20-72-40(64)46(3,4)5)26-17-76-44(52-26)50-19-51-45-53-27(18-77-45)25(12-10-2)33(59)55-29-35(61)57-31(23(14-69-43(49)67)16-75-37(29)57)39(63)71-21-73-41(65)47(6,7)8/h11-12,17-18,28-29,36-37H,9-10,13-16,19-21H2,1-8H3,(H2,48,66)(H2,49,67)(H,50,52)(H,51,53)(H,54,58)(H,55,59)/b24-11-,25-12-/t28-,29-,36-,37-/m1/s1. The number of β-lactam (4-membered cyclic amide) rings is 2. The molecule has 0 aliphatic carbocycles. The molecule has 0 unspecified atom stereocenters. The zero-order valence-corrected chi connectivity index (χ0v) is 46.4. The number of aromatic nitrogens is 2. The number of allylic oxidation sites excluding steroid dienone is 2. The summed E-state index contributed by atoms with van der Waals surface area (Å²) >= 11 is 4.84. The van der Waals surface area contributed by atoms with E-state index in [1.165, 1.54) is 46.2 Å². The van der Waals surface area contributed by atoms with Crippen LogP contribution in [0.3, 0.4) is 0 Å². The molecule has 77 heavy (non-hydrogen) atoms. The van der Waals surface area contributed by atoms with Gasteiger partial charge in [-0.25, -0.2) is 29.1 Å². The number of nitrogens with one attached hydrogen (secondary N) is 4. The minimum absolute atomic E-state index is 0.104. The van der Waals surface area contributed by atoms with E-state index in [-0.39, 0.29) is 51.9 Å². The Morgan fingerprint density at radius 3 is 1.34 bits per heavy atom. The smallest absolute Gasteiger partial charge is 0.404 e. The van der Waals surface area contributed by atoms with Crippen LogP contribution in [0.2, 0.25) is 0 Å². The lowest BCUT2D eigenvalue weighted by molar-refractivity contribution is -0.174. The van der Waals surface area contributed by atoms with Crippen LogP contribution in [0.25, 0.3) is 11.1 Å². The molecule has 0 aromatic carbocycles. The van der Waals surface area contributed by atoms with Crippen molar-refractivity contribution in [2.75, 3.05) is 55.6 Å². The van der Waals surface area contributed by atoms with Crippen LogP contribution >= 0.6 is 46.2 Å². The van der Waals surface area contributed by atoms with Crippen molar-refractivity contribution in [1.29, 1.82) is 0 Å². The van der Waals surface area contributed by atoms with Crippen LogP contribution in [0, 0.1) is 10.8 Å². The van der Waals surface area contributed by atoms with Gasteiger partial charge < -0.3 is 61.2 Å². The minimum atomic E-state index is -1.11. The number of carbonyl (C=O) groups excluding carboxylic acids is 10.